The number of halogens is 5. The van der Waals surface area contributed by atoms with Gasteiger partial charge in [-0.05, 0) is 42.8 Å². The van der Waals surface area contributed by atoms with E-state index in [1.807, 2.05) is 18.7 Å². The fourth-order valence-corrected chi connectivity index (χ4v) is 3.85. The molecule has 12 heteroatoms. The van der Waals surface area contributed by atoms with Gasteiger partial charge in [-0.3, -0.25) is 9.20 Å². The van der Waals surface area contributed by atoms with Gasteiger partial charge in [-0.25, -0.2) is 13.8 Å². The number of imidazole rings is 1. The summed E-state index contributed by atoms with van der Waals surface area (Å²) in [5.74, 6) is -1.55. The van der Waals surface area contributed by atoms with Crippen molar-refractivity contribution in [3.8, 4) is 5.75 Å². The smallest absolute Gasteiger partial charge is 0.429 e. The predicted molar refractivity (Wildman–Crippen MR) is 142 cm³/mol. The van der Waals surface area contributed by atoms with Crippen molar-refractivity contribution in [2.24, 2.45) is 0 Å². The molecule has 0 saturated carbocycles. The van der Waals surface area contributed by atoms with Gasteiger partial charge >= 0.3 is 25.2 Å². The Kier molecular flexibility index (Phi) is 12.2. The summed E-state index contributed by atoms with van der Waals surface area (Å²) in [4.78, 5) is 18.7. The largest absolute Gasteiger partial charge is 1.00 e. The minimum atomic E-state index is -4.66. The number of hydrogen-bond acceptors (Lipinski definition) is 4. The Balaban J connectivity index is 0.000000294. The topological polar surface area (TPSA) is 58.9 Å². The van der Waals surface area contributed by atoms with Crippen LogP contribution in [0.15, 0.2) is 60.8 Å². The Labute approximate surface area is 247 Å². The summed E-state index contributed by atoms with van der Waals surface area (Å²) in [5.41, 5.74) is 2.77. The molecule has 0 spiro atoms. The third kappa shape index (κ3) is 9.51. The predicted octanol–water partition coefficient (Wildman–Crippen LogP) is 3.36. The minimum Gasteiger partial charge on any atom is -0.429 e. The van der Waals surface area contributed by atoms with Crippen LogP contribution < -0.4 is 33.8 Å². The van der Waals surface area contributed by atoms with Crippen molar-refractivity contribution < 1.29 is 50.3 Å². The fourth-order valence-electron chi connectivity index (χ4n) is 3.85. The molecule has 1 N–H and O–H groups in total. The first-order chi connectivity index (χ1) is 18.9. The SMILES string of the molecule is CCc1nc2ccc(F)cn2c1C(=O)NCc1cc[c-]c(F)c1.[CH2-]CN(c1ccc(OC(F)(F)F)cc1)[C@H]([CH2-])C.[Li+]. The molecule has 6 nitrogen and oxygen atoms in total. The number of rotatable bonds is 8. The summed E-state index contributed by atoms with van der Waals surface area (Å²) in [7, 11) is 0. The Bertz CT molecular complexity index is 1430. The molecule has 0 unspecified atom stereocenters. The number of hydrogen-bond donors (Lipinski definition) is 1. The molecule has 1 atom stereocenters. The molecule has 214 valence electrons. The maximum Gasteiger partial charge on any atom is 1.00 e. The average Bonchev–Trinajstić information content (AvgIpc) is 3.26. The number of benzene rings is 2. The summed E-state index contributed by atoms with van der Waals surface area (Å²) in [6.45, 7) is 12.0. The Hall–Kier alpha value is -3.55. The monoisotopic (exact) mass is 566 g/mol. The third-order valence-corrected chi connectivity index (χ3v) is 5.66. The van der Waals surface area contributed by atoms with E-state index in [9.17, 15) is 26.7 Å². The van der Waals surface area contributed by atoms with Gasteiger partial charge in [0.2, 0.25) is 0 Å². The molecule has 0 aliphatic heterocycles. The summed E-state index contributed by atoms with van der Waals surface area (Å²) in [6, 6.07) is 15.3. The van der Waals surface area contributed by atoms with E-state index in [2.05, 4.69) is 35.0 Å². The molecule has 1 amide bonds. The molecule has 2 heterocycles. The molecule has 0 aliphatic rings. The molecule has 2 aromatic heterocycles. The van der Waals surface area contributed by atoms with Gasteiger partial charge in [-0.1, -0.05) is 13.8 Å². The number of ether oxygens (including phenoxy) is 1. The van der Waals surface area contributed by atoms with Crippen LogP contribution in [0.25, 0.3) is 5.65 Å². The van der Waals surface area contributed by atoms with Crippen molar-refractivity contribution in [2.75, 3.05) is 11.4 Å². The molecule has 2 aromatic carbocycles. The number of nitrogens with zero attached hydrogens (tertiary/aromatic N) is 3. The zero-order valence-corrected chi connectivity index (χ0v) is 22.9. The Morgan fingerprint density at radius 1 is 1.17 bits per heavy atom. The molecular formula is C29H28F5LiN4O2-2. The van der Waals surface area contributed by atoms with Crippen molar-refractivity contribution in [1.29, 1.82) is 0 Å². The van der Waals surface area contributed by atoms with E-state index in [4.69, 9.17) is 0 Å². The quantitative estimate of drug-likeness (QED) is 0.202. The number of carbonyl (C=O) groups is 1. The van der Waals surface area contributed by atoms with Crippen LogP contribution in [0.2, 0.25) is 0 Å². The molecule has 0 radical (unpaired) electrons. The van der Waals surface area contributed by atoms with Gasteiger partial charge in [0.1, 0.15) is 22.9 Å². The van der Waals surface area contributed by atoms with E-state index >= 15 is 0 Å². The number of fused-ring (bicyclic) bond motifs is 1. The van der Waals surface area contributed by atoms with E-state index in [-0.39, 0.29) is 43.1 Å². The molecule has 0 saturated heterocycles. The van der Waals surface area contributed by atoms with E-state index in [0.29, 0.717) is 35.6 Å². The van der Waals surface area contributed by atoms with Gasteiger partial charge in [0.15, 0.2) is 0 Å². The van der Waals surface area contributed by atoms with E-state index < -0.39 is 18.0 Å². The molecule has 0 fully saturated rings. The molecule has 0 aliphatic carbocycles. The number of nitrogens with one attached hydrogen (secondary N) is 1. The van der Waals surface area contributed by atoms with Crippen LogP contribution in [0.4, 0.5) is 27.6 Å². The Morgan fingerprint density at radius 3 is 2.41 bits per heavy atom. The summed E-state index contributed by atoms with van der Waals surface area (Å²) in [6.07, 6.45) is -2.89. The summed E-state index contributed by atoms with van der Waals surface area (Å²) in [5, 5.41) is 2.71. The van der Waals surface area contributed by atoms with Gasteiger partial charge in [-0.15, -0.1) is 43.5 Å². The second kappa shape index (κ2) is 14.9. The fraction of sp³-hybridized carbons (Fsp3) is 0.241. The van der Waals surface area contributed by atoms with Crippen LogP contribution in [-0.2, 0) is 13.0 Å². The standard InChI is InChI=1S/C17H14F2N3O.C12H14F3NO.Li/c1-2-14-16(22-10-13(19)6-7-15(22)21-14)17(23)20-9-11-4-3-5-12(18)8-11;1-4-16(9(2)3)10-5-7-11(8-6-10)17-12(13,14)15;/h3-4,6-8,10H,2,9H2,1H3,(H,20,23);5-9H,1-2,4H2,3H3;/q-1;-2;+1/t;9-;/m.1./s1. The number of aryl methyl sites for hydroxylation is 1. The van der Waals surface area contributed by atoms with Crippen LogP contribution in [-0.4, -0.2) is 34.2 Å². The van der Waals surface area contributed by atoms with Crippen molar-refractivity contribution in [2.45, 2.75) is 39.2 Å². The summed E-state index contributed by atoms with van der Waals surface area (Å²) >= 11 is 0. The van der Waals surface area contributed by atoms with E-state index in [1.54, 1.807) is 18.2 Å². The maximum absolute atomic E-state index is 13.5. The van der Waals surface area contributed by atoms with Crippen molar-refractivity contribution in [3.63, 3.8) is 0 Å². The molecule has 0 bridgehead atoms. The zero-order chi connectivity index (χ0) is 29.4. The normalized spacial score (nSPS) is 11.6. The van der Waals surface area contributed by atoms with E-state index in [0.717, 1.165) is 5.69 Å². The van der Waals surface area contributed by atoms with Crippen molar-refractivity contribution >= 4 is 17.2 Å². The third-order valence-electron chi connectivity index (χ3n) is 5.66. The number of aromatic nitrogens is 2. The Morgan fingerprint density at radius 2 is 1.85 bits per heavy atom. The van der Waals surface area contributed by atoms with Crippen LogP contribution in [0.5, 0.6) is 5.75 Å². The van der Waals surface area contributed by atoms with Gasteiger partial charge in [0.05, 0.1) is 5.69 Å². The molecule has 4 rings (SSSR count). The number of alkyl halides is 3. The van der Waals surface area contributed by atoms with Crippen LogP contribution in [0, 0.1) is 31.5 Å². The van der Waals surface area contributed by atoms with Crippen LogP contribution in [0.3, 0.4) is 0 Å². The first-order valence-electron chi connectivity index (χ1n) is 12.3. The number of pyridine rings is 1. The average molecular weight is 567 g/mol. The second-order valence-corrected chi connectivity index (χ2v) is 8.65. The van der Waals surface area contributed by atoms with Crippen LogP contribution >= 0.6 is 0 Å². The molecule has 41 heavy (non-hydrogen) atoms. The first kappa shape index (κ1) is 33.7. The van der Waals surface area contributed by atoms with Gasteiger partial charge < -0.3 is 28.8 Å². The van der Waals surface area contributed by atoms with Gasteiger partial charge in [0.25, 0.3) is 5.91 Å². The first-order valence-corrected chi connectivity index (χ1v) is 12.3. The van der Waals surface area contributed by atoms with Gasteiger partial charge in [-0.2, -0.15) is 12.1 Å². The minimum absolute atomic E-state index is 0. The van der Waals surface area contributed by atoms with Gasteiger partial charge in [0, 0.05) is 24.2 Å². The summed E-state index contributed by atoms with van der Waals surface area (Å²) < 4.78 is 67.6. The van der Waals surface area contributed by atoms with Crippen molar-refractivity contribution in [1.82, 2.24) is 14.7 Å². The second-order valence-electron chi connectivity index (χ2n) is 8.65. The van der Waals surface area contributed by atoms with Crippen molar-refractivity contribution in [3.05, 3.63) is 109 Å². The number of amides is 1. The van der Waals surface area contributed by atoms with Crippen LogP contribution in [0.1, 0.15) is 35.6 Å². The maximum atomic E-state index is 13.5. The molecule has 4 aromatic rings. The number of anilines is 1. The van der Waals surface area contributed by atoms with E-state index in [1.165, 1.54) is 47.0 Å². The zero-order valence-electron chi connectivity index (χ0n) is 22.9. The molecular weight excluding hydrogens is 538 g/mol. The number of carbonyl (C=O) groups excluding carboxylic acids is 1.